The number of amides is 2. The van der Waals surface area contributed by atoms with Gasteiger partial charge in [0.1, 0.15) is 12.0 Å². The minimum Gasteiger partial charge on any atom is -0.352 e. The van der Waals surface area contributed by atoms with E-state index in [0.29, 0.717) is 34.2 Å². The molecule has 1 saturated carbocycles. The summed E-state index contributed by atoms with van der Waals surface area (Å²) in [5, 5.41) is 12.2. The Hall–Kier alpha value is -3.60. The molecule has 1 fully saturated rings. The quantitative estimate of drug-likeness (QED) is 0.383. The zero-order valence-electron chi connectivity index (χ0n) is 16.6. The third-order valence-corrected chi connectivity index (χ3v) is 5.83. The molecule has 0 radical (unpaired) electrons. The lowest BCUT2D eigenvalue weighted by molar-refractivity contribution is -0.117. The number of carbonyl (C=O) groups is 2. The first kappa shape index (κ1) is 20.3. The number of H-pyrrole nitrogens is 1. The topological polar surface area (TPSA) is 117 Å². The van der Waals surface area contributed by atoms with Crippen molar-refractivity contribution in [1.29, 1.82) is 0 Å². The first-order valence-electron chi connectivity index (χ1n) is 9.72. The second-order valence-corrected chi connectivity index (χ2v) is 7.97. The van der Waals surface area contributed by atoms with Gasteiger partial charge in [0.05, 0.1) is 46.8 Å². The monoisotopic (exact) mass is 459 g/mol. The van der Waals surface area contributed by atoms with Crippen molar-refractivity contribution in [3.05, 3.63) is 41.2 Å². The van der Waals surface area contributed by atoms with Gasteiger partial charge in [0, 0.05) is 22.7 Å². The highest BCUT2D eigenvalue weighted by Gasteiger charge is 2.43. The molecule has 3 aromatic heterocycles. The molecule has 0 spiro atoms. The lowest BCUT2D eigenvalue weighted by atomic mass is 9.99. The van der Waals surface area contributed by atoms with E-state index in [1.54, 1.807) is 23.7 Å². The van der Waals surface area contributed by atoms with Crippen LogP contribution in [0.3, 0.4) is 0 Å². The molecular formula is C20H16ClF2N7O2. The van der Waals surface area contributed by atoms with E-state index in [4.69, 9.17) is 11.6 Å². The summed E-state index contributed by atoms with van der Waals surface area (Å²) in [4.78, 5) is 31.4. The summed E-state index contributed by atoms with van der Waals surface area (Å²) < 4.78 is 29.9. The number of fused-ring (bicyclic) bond motifs is 2. The van der Waals surface area contributed by atoms with Crippen molar-refractivity contribution in [3.8, 4) is 11.3 Å². The predicted molar refractivity (Wildman–Crippen MR) is 112 cm³/mol. The number of rotatable bonds is 6. The number of carbonyl (C=O) groups excluding carboxylic acids is 2. The molecule has 0 aliphatic heterocycles. The number of hydrogen-bond donors (Lipinski definition) is 3. The average molecular weight is 460 g/mol. The first-order chi connectivity index (χ1) is 15.4. The first-order valence-corrected chi connectivity index (χ1v) is 10.1. The molecule has 1 unspecified atom stereocenters. The van der Waals surface area contributed by atoms with Crippen LogP contribution in [0.5, 0.6) is 0 Å². The third kappa shape index (κ3) is 3.25. The number of aromatic amines is 1. The van der Waals surface area contributed by atoms with Crippen molar-refractivity contribution >= 4 is 46.3 Å². The maximum absolute atomic E-state index is 15.2. The molecule has 2 amide bonds. The van der Waals surface area contributed by atoms with Gasteiger partial charge in [0.15, 0.2) is 11.5 Å². The Morgan fingerprint density at radius 3 is 2.91 bits per heavy atom. The van der Waals surface area contributed by atoms with E-state index in [-0.39, 0.29) is 22.8 Å². The van der Waals surface area contributed by atoms with E-state index in [9.17, 15) is 14.0 Å². The number of anilines is 1. The molecule has 9 nitrogen and oxygen atoms in total. The predicted octanol–water partition coefficient (Wildman–Crippen LogP) is 3.17. The Kier molecular flexibility index (Phi) is 4.77. The van der Waals surface area contributed by atoms with E-state index in [0.717, 1.165) is 0 Å². The highest BCUT2D eigenvalue weighted by atomic mass is 35.5. The number of halogens is 3. The highest BCUT2D eigenvalue weighted by Crippen LogP contribution is 2.40. The van der Waals surface area contributed by atoms with Gasteiger partial charge in [-0.05, 0) is 13.3 Å². The zero-order chi connectivity index (χ0) is 22.6. The number of nitrogens with zero attached hydrogens (tertiary/aromatic N) is 4. The van der Waals surface area contributed by atoms with Crippen molar-refractivity contribution in [3.63, 3.8) is 0 Å². The molecule has 164 valence electrons. The van der Waals surface area contributed by atoms with Gasteiger partial charge in [-0.3, -0.25) is 19.7 Å². The fraction of sp³-hybridized carbons (Fsp3) is 0.250. The van der Waals surface area contributed by atoms with Gasteiger partial charge in [0.25, 0.3) is 0 Å². The van der Waals surface area contributed by atoms with Gasteiger partial charge >= 0.3 is 0 Å². The van der Waals surface area contributed by atoms with Gasteiger partial charge in [-0.1, -0.05) is 11.6 Å². The number of nitrogens with one attached hydrogen (secondary N) is 3. The third-order valence-electron chi connectivity index (χ3n) is 5.48. The van der Waals surface area contributed by atoms with Crippen LogP contribution in [0, 0.1) is 11.7 Å². The van der Waals surface area contributed by atoms with Gasteiger partial charge in [0.2, 0.25) is 12.3 Å². The van der Waals surface area contributed by atoms with E-state index < -0.39 is 29.9 Å². The van der Waals surface area contributed by atoms with Crippen LogP contribution in [0.4, 0.5) is 14.6 Å². The van der Waals surface area contributed by atoms with Crippen LogP contribution >= 0.6 is 11.6 Å². The van der Waals surface area contributed by atoms with E-state index in [2.05, 4.69) is 30.8 Å². The number of benzene rings is 1. The number of alkyl halides is 1. The largest absolute Gasteiger partial charge is 0.352 e. The van der Waals surface area contributed by atoms with Gasteiger partial charge in [-0.2, -0.15) is 5.10 Å². The number of aromatic nitrogens is 5. The summed E-state index contributed by atoms with van der Waals surface area (Å²) >= 11 is 6.40. The van der Waals surface area contributed by atoms with Crippen molar-refractivity contribution in [2.24, 2.45) is 5.92 Å². The van der Waals surface area contributed by atoms with Crippen LogP contribution in [0.2, 0.25) is 5.02 Å². The fourth-order valence-electron chi connectivity index (χ4n) is 3.72. The molecule has 3 N–H and O–H groups in total. The summed E-state index contributed by atoms with van der Waals surface area (Å²) in [6.45, 7) is 1.63. The summed E-state index contributed by atoms with van der Waals surface area (Å²) in [6, 6.07) is -0.646. The second-order valence-electron chi connectivity index (χ2n) is 7.59. The van der Waals surface area contributed by atoms with Crippen molar-refractivity contribution < 1.29 is 18.4 Å². The number of imidazole rings is 1. The zero-order valence-corrected chi connectivity index (χ0v) is 17.3. The van der Waals surface area contributed by atoms with E-state index >= 15 is 4.39 Å². The summed E-state index contributed by atoms with van der Waals surface area (Å²) in [5.41, 5.74) is 1.65. The normalized spacial score (nSPS) is 18.6. The Bertz CT molecular complexity index is 1390. The lowest BCUT2D eigenvalue weighted by Crippen LogP contribution is -2.18. The Morgan fingerprint density at radius 1 is 1.41 bits per heavy atom. The Balaban J connectivity index is 1.58. The Labute approximate surface area is 184 Å². The maximum atomic E-state index is 15.2. The van der Waals surface area contributed by atoms with E-state index in [1.165, 1.54) is 12.4 Å². The summed E-state index contributed by atoms with van der Waals surface area (Å²) in [5.74, 6) is -1.51. The molecule has 3 heterocycles. The molecular weight excluding hydrogens is 444 g/mol. The molecule has 4 aromatic rings. The molecule has 1 aliphatic rings. The SMILES string of the molecule is CC(NC=O)c1c(F)c(Cl)c(-c2cn3cc(NC(=O)[C@@H]4C[C@@H]4F)nc3cn2)c2cn[nH]c12. The highest BCUT2D eigenvalue weighted by molar-refractivity contribution is 6.35. The second kappa shape index (κ2) is 7.52. The molecule has 0 bridgehead atoms. The molecule has 3 atom stereocenters. The molecule has 1 aliphatic carbocycles. The minimum atomic E-state index is -1.11. The van der Waals surface area contributed by atoms with Gasteiger partial charge in [-0.15, -0.1) is 0 Å². The Morgan fingerprint density at radius 2 is 2.19 bits per heavy atom. The average Bonchev–Trinajstić information content (AvgIpc) is 3.12. The van der Waals surface area contributed by atoms with E-state index in [1.807, 2.05) is 0 Å². The minimum absolute atomic E-state index is 0.170. The lowest BCUT2D eigenvalue weighted by Gasteiger charge is -2.16. The van der Waals surface area contributed by atoms with Crippen LogP contribution in [-0.2, 0) is 9.59 Å². The van der Waals surface area contributed by atoms with Gasteiger partial charge in [-0.25, -0.2) is 13.8 Å². The van der Waals surface area contributed by atoms with Crippen molar-refractivity contribution in [1.82, 2.24) is 29.9 Å². The smallest absolute Gasteiger partial charge is 0.231 e. The van der Waals surface area contributed by atoms with Gasteiger partial charge < -0.3 is 15.0 Å². The van der Waals surface area contributed by atoms with Crippen LogP contribution in [0.1, 0.15) is 24.9 Å². The van der Waals surface area contributed by atoms with Crippen LogP contribution in [-0.4, -0.2) is 43.1 Å². The fourth-order valence-corrected chi connectivity index (χ4v) is 4.02. The molecule has 12 heteroatoms. The standard InChI is InChI=1S/C20H16ClF2N7O2/c1-8(25-7-31)15-18(23)17(21)16(10-3-26-29-19(10)15)12-5-30-6-13(27-14(30)4-24-12)28-20(32)9-2-11(9)22/h3-9,11H,2H2,1H3,(H,25,31)(H,26,29)(H,28,32)/t8?,9-,11+/m1/s1. The molecule has 1 aromatic carbocycles. The summed E-state index contributed by atoms with van der Waals surface area (Å²) in [7, 11) is 0. The molecule has 5 rings (SSSR count). The van der Waals surface area contributed by atoms with Crippen LogP contribution < -0.4 is 10.6 Å². The molecule has 32 heavy (non-hydrogen) atoms. The van der Waals surface area contributed by atoms with Crippen molar-refractivity contribution in [2.75, 3.05) is 5.32 Å². The molecule has 0 saturated heterocycles. The number of hydrogen-bond acceptors (Lipinski definition) is 5. The maximum Gasteiger partial charge on any atom is 0.231 e. The van der Waals surface area contributed by atoms with Crippen molar-refractivity contribution in [2.45, 2.75) is 25.6 Å². The summed E-state index contributed by atoms with van der Waals surface area (Å²) in [6.07, 6.45) is 5.68. The van der Waals surface area contributed by atoms with Crippen LogP contribution in [0.25, 0.3) is 27.8 Å². The van der Waals surface area contributed by atoms with Crippen LogP contribution in [0.15, 0.2) is 24.8 Å².